The summed E-state index contributed by atoms with van der Waals surface area (Å²) in [6.07, 6.45) is -1.70. The molecule has 0 aliphatic rings. The minimum atomic E-state index is -2.08. The number of carboxylic acid groups (broad SMARTS) is 3. The van der Waals surface area contributed by atoms with E-state index in [1.54, 1.807) is 0 Å². The molecule has 1 atom stereocenters. The number of carboxylic acids is 1. The maximum atomic E-state index is 10.4. The van der Waals surface area contributed by atoms with Gasteiger partial charge in [0.1, 0.15) is 6.04 Å². The monoisotopic (exact) mass is 249 g/mol. The van der Waals surface area contributed by atoms with Crippen molar-refractivity contribution in [2.75, 3.05) is 0 Å². The van der Waals surface area contributed by atoms with Crippen molar-refractivity contribution in [2.45, 2.75) is 12.5 Å². The summed E-state index contributed by atoms with van der Waals surface area (Å²) in [7, 11) is 0. The first-order valence-corrected chi connectivity index (χ1v) is 4.35. The summed E-state index contributed by atoms with van der Waals surface area (Å²) in [4.78, 5) is 18.8. The van der Waals surface area contributed by atoms with Gasteiger partial charge >= 0.3 is 35.5 Å². The van der Waals surface area contributed by atoms with E-state index in [-0.39, 0.29) is 29.6 Å². The van der Waals surface area contributed by atoms with Crippen molar-refractivity contribution in [3.05, 3.63) is 35.9 Å². The molecule has 0 amide bonds. The molecule has 0 heterocycles. The summed E-state index contributed by atoms with van der Waals surface area (Å²) < 4.78 is 0. The zero-order valence-corrected chi connectivity index (χ0v) is 11.4. The van der Waals surface area contributed by atoms with Crippen LogP contribution >= 0.6 is 0 Å². The van der Waals surface area contributed by atoms with Crippen molar-refractivity contribution in [3.63, 3.8) is 0 Å². The van der Waals surface area contributed by atoms with E-state index in [1.807, 2.05) is 30.3 Å². The maximum Gasteiger partial charge on any atom is 1.00 e. The second-order valence-corrected chi connectivity index (χ2v) is 2.90. The fourth-order valence-corrected chi connectivity index (χ4v) is 0.955. The molecular formula is C10H12NNaO5. The Kier molecular flexibility index (Phi) is 10.9. The predicted molar refractivity (Wildman–Crippen MR) is 53.8 cm³/mol. The molecule has 0 fully saturated rings. The normalized spacial score (nSPS) is 10.2. The summed E-state index contributed by atoms with van der Waals surface area (Å²) in [5.74, 6) is -0.959. The molecule has 6 nitrogen and oxygen atoms in total. The van der Waals surface area contributed by atoms with Gasteiger partial charge in [-0.2, -0.15) is 0 Å². The summed E-state index contributed by atoms with van der Waals surface area (Å²) in [6.45, 7) is 0. The van der Waals surface area contributed by atoms with Crippen molar-refractivity contribution in [3.8, 4) is 0 Å². The van der Waals surface area contributed by atoms with Gasteiger partial charge in [-0.1, -0.05) is 30.3 Å². The first-order valence-electron chi connectivity index (χ1n) is 4.35. The first-order chi connectivity index (χ1) is 7.43. The molecule has 0 radical (unpaired) electrons. The predicted octanol–water partition coefficient (Wildman–Crippen LogP) is -3.47. The molecule has 0 spiro atoms. The van der Waals surface area contributed by atoms with E-state index in [0.29, 0.717) is 6.42 Å². The SMILES string of the molecule is NC(Cc1ccccc1)C(=O)O.O=C([O-])O.[Na+]. The Labute approximate surface area is 120 Å². The fraction of sp³-hybridized carbons (Fsp3) is 0.200. The van der Waals surface area contributed by atoms with E-state index >= 15 is 0 Å². The fourth-order valence-electron chi connectivity index (χ4n) is 0.955. The molecule has 7 heteroatoms. The number of rotatable bonds is 3. The molecule has 0 saturated heterocycles. The van der Waals surface area contributed by atoms with Crippen LogP contribution in [0.2, 0.25) is 0 Å². The largest absolute Gasteiger partial charge is 1.00 e. The second kappa shape index (κ2) is 10.1. The Morgan fingerprint density at radius 2 is 1.65 bits per heavy atom. The molecular weight excluding hydrogens is 237 g/mol. The van der Waals surface area contributed by atoms with Gasteiger partial charge in [0.2, 0.25) is 6.16 Å². The quantitative estimate of drug-likeness (QED) is 0.478. The Morgan fingerprint density at radius 3 is 2.00 bits per heavy atom. The van der Waals surface area contributed by atoms with Gasteiger partial charge in [0.05, 0.1) is 0 Å². The molecule has 0 aliphatic heterocycles. The van der Waals surface area contributed by atoms with Crippen LogP contribution in [-0.2, 0) is 11.2 Å². The molecule has 0 bridgehead atoms. The topological polar surface area (TPSA) is 124 Å². The Balaban J connectivity index is 0. The minimum absolute atomic E-state index is 0. The molecule has 17 heavy (non-hydrogen) atoms. The standard InChI is InChI=1S/C9H11NO2.CH2O3.Na/c10-8(9(11)12)6-7-4-2-1-3-5-7;2-1(3)4;/h1-5,8H,6,10H2,(H,11,12);(H2,2,3,4);/q;;+1/p-1. The zero-order valence-electron chi connectivity index (χ0n) is 9.37. The van der Waals surface area contributed by atoms with Crippen molar-refractivity contribution >= 4 is 12.1 Å². The third-order valence-corrected chi connectivity index (χ3v) is 1.62. The Hall–Kier alpha value is -1.08. The van der Waals surface area contributed by atoms with E-state index in [0.717, 1.165) is 5.56 Å². The number of nitrogens with two attached hydrogens (primary N) is 1. The smallest absolute Gasteiger partial charge is 0.565 e. The van der Waals surface area contributed by atoms with Crippen molar-refractivity contribution in [2.24, 2.45) is 5.73 Å². The zero-order chi connectivity index (χ0) is 12.6. The van der Waals surface area contributed by atoms with Crippen LogP contribution in [0, 0.1) is 0 Å². The van der Waals surface area contributed by atoms with E-state index < -0.39 is 18.2 Å². The van der Waals surface area contributed by atoms with Crippen molar-refractivity contribution in [1.82, 2.24) is 0 Å². The molecule has 1 aromatic rings. The number of carbonyl (C=O) groups is 2. The molecule has 0 aromatic heterocycles. The van der Waals surface area contributed by atoms with E-state index in [4.69, 9.17) is 25.8 Å². The van der Waals surface area contributed by atoms with Gasteiger partial charge in [0, 0.05) is 0 Å². The summed E-state index contributed by atoms with van der Waals surface area (Å²) in [5, 5.41) is 23.8. The second-order valence-electron chi connectivity index (χ2n) is 2.90. The van der Waals surface area contributed by atoms with Crippen LogP contribution in [0.4, 0.5) is 4.79 Å². The summed E-state index contributed by atoms with van der Waals surface area (Å²) >= 11 is 0. The molecule has 0 saturated carbocycles. The number of aliphatic carboxylic acids is 1. The van der Waals surface area contributed by atoms with Crippen LogP contribution in [0.15, 0.2) is 30.3 Å². The van der Waals surface area contributed by atoms with Gasteiger partial charge in [0.15, 0.2) is 0 Å². The van der Waals surface area contributed by atoms with Gasteiger partial charge in [-0.05, 0) is 12.0 Å². The minimum Gasteiger partial charge on any atom is -0.565 e. The van der Waals surface area contributed by atoms with Crippen LogP contribution in [0.25, 0.3) is 0 Å². The molecule has 1 aromatic carbocycles. The summed E-state index contributed by atoms with van der Waals surface area (Å²) in [5.41, 5.74) is 6.30. The number of hydrogen-bond donors (Lipinski definition) is 3. The summed E-state index contributed by atoms with van der Waals surface area (Å²) in [6, 6.07) is 8.54. The van der Waals surface area contributed by atoms with Crippen molar-refractivity contribution < 1.29 is 54.5 Å². The van der Waals surface area contributed by atoms with Crippen LogP contribution in [0.1, 0.15) is 5.56 Å². The molecule has 88 valence electrons. The van der Waals surface area contributed by atoms with Gasteiger partial charge < -0.3 is 25.8 Å². The Morgan fingerprint density at radius 1 is 1.24 bits per heavy atom. The third kappa shape index (κ3) is 11.2. The molecule has 0 aliphatic carbocycles. The van der Waals surface area contributed by atoms with E-state index in [1.165, 1.54) is 0 Å². The van der Waals surface area contributed by atoms with E-state index in [9.17, 15) is 4.79 Å². The Bertz CT molecular complexity index is 340. The van der Waals surface area contributed by atoms with Crippen LogP contribution < -0.4 is 40.4 Å². The molecule has 1 unspecified atom stereocenters. The number of hydrogen-bond acceptors (Lipinski definition) is 4. The first kappa shape index (κ1) is 18.3. The maximum absolute atomic E-state index is 10.4. The average molecular weight is 249 g/mol. The average Bonchev–Trinajstić information content (AvgIpc) is 2.18. The van der Waals surface area contributed by atoms with Crippen LogP contribution in [-0.4, -0.2) is 28.4 Å². The number of benzene rings is 1. The van der Waals surface area contributed by atoms with Gasteiger partial charge in [-0.3, -0.25) is 4.79 Å². The van der Waals surface area contributed by atoms with Crippen molar-refractivity contribution in [1.29, 1.82) is 0 Å². The molecule has 4 N–H and O–H groups in total. The van der Waals surface area contributed by atoms with Gasteiger partial charge in [-0.15, -0.1) is 0 Å². The van der Waals surface area contributed by atoms with Crippen LogP contribution in [0.5, 0.6) is 0 Å². The van der Waals surface area contributed by atoms with Gasteiger partial charge in [-0.25, -0.2) is 0 Å². The van der Waals surface area contributed by atoms with Gasteiger partial charge in [0.25, 0.3) is 0 Å². The van der Waals surface area contributed by atoms with E-state index in [2.05, 4.69) is 0 Å². The third-order valence-electron chi connectivity index (χ3n) is 1.62. The van der Waals surface area contributed by atoms with Crippen LogP contribution in [0.3, 0.4) is 0 Å². The molecule has 1 rings (SSSR count).